The lowest BCUT2D eigenvalue weighted by Crippen LogP contribution is -2.27. The van der Waals surface area contributed by atoms with Gasteiger partial charge in [-0.3, -0.25) is 4.79 Å². The summed E-state index contributed by atoms with van der Waals surface area (Å²) in [4.78, 5) is 12.3. The first-order valence-electron chi connectivity index (χ1n) is 3.54. The minimum Gasteiger partial charge on any atom is -0.619 e. The molecular weight excluding hydrogens is 156 g/mol. The molecule has 1 aromatic heterocycles. The Hall–Kier alpha value is -1.58. The Labute approximate surface area is 70.6 Å². The number of anilines is 1. The van der Waals surface area contributed by atoms with Crippen LogP contribution in [0.3, 0.4) is 0 Å². The maximum absolute atomic E-state index is 10.9. The fourth-order valence-corrected chi connectivity index (χ4v) is 0.810. The number of carbonyl (C=O) groups excluding carboxylic acids is 1. The SMILES string of the molecule is CC(=O)N(C)c1cc[n+]([O-])cc1. The number of hydrogen-bond acceptors (Lipinski definition) is 2. The van der Waals surface area contributed by atoms with Gasteiger partial charge in [-0.2, -0.15) is 4.73 Å². The van der Waals surface area contributed by atoms with Crippen molar-refractivity contribution < 1.29 is 9.52 Å². The van der Waals surface area contributed by atoms with Gasteiger partial charge in [0.2, 0.25) is 5.91 Å². The van der Waals surface area contributed by atoms with E-state index in [4.69, 9.17) is 0 Å². The van der Waals surface area contributed by atoms with Crippen LogP contribution in [-0.4, -0.2) is 13.0 Å². The smallest absolute Gasteiger partial charge is 0.223 e. The van der Waals surface area contributed by atoms with E-state index in [0.29, 0.717) is 4.73 Å². The number of aromatic nitrogens is 1. The molecule has 0 fully saturated rings. The predicted octanol–water partition coefficient (Wildman–Crippen LogP) is 0.303. The summed E-state index contributed by atoms with van der Waals surface area (Å²) in [6.45, 7) is 1.47. The molecule has 1 aromatic rings. The standard InChI is InChI=1S/C8H10N2O2/c1-7(11)9(2)8-3-5-10(12)6-4-8/h3-6H,1-2H3. The van der Waals surface area contributed by atoms with Gasteiger partial charge < -0.3 is 10.1 Å². The normalized spacial score (nSPS) is 9.50. The molecule has 1 amide bonds. The van der Waals surface area contributed by atoms with E-state index in [-0.39, 0.29) is 5.91 Å². The molecule has 0 bridgehead atoms. The molecule has 0 aromatic carbocycles. The molecule has 0 atom stereocenters. The third-order valence-electron chi connectivity index (χ3n) is 1.64. The molecule has 0 aliphatic rings. The van der Waals surface area contributed by atoms with Gasteiger partial charge >= 0.3 is 0 Å². The third kappa shape index (κ3) is 1.72. The van der Waals surface area contributed by atoms with Crippen LogP contribution in [0.15, 0.2) is 24.5 Å². The minimum atomic E-state index is -0.0568. The number of pyridine rings is 1. The minimum absolute atomic E-state index is 0.0568. The van der Waals surface area contributed by atoms with Crippen molar-refractivity contribution in [2.24, 2.45) is 0 Å². The molecule has 0 spiro atoms. The van der Waals surface area contributed by atoms with Crippen molar-refractivity contribution >= 4 is 11.6 Å². The highest BCUT2D eigenvalue weighted by atomic mass is 16.5. The average Bonchev–Trinajstić information content (AvgIpc) is 2.04. The average molecular weight is 166 g/mol. The van der Waals surface area contributed by atoms with Crippen LogP contribution in [0, 0.1) is 5.21 Å². The highest BCUT2D eigenvalue weighted by Gasteiger charge is 2.05. The molecule has 4 heteroatoms. The Morgan fingerprint density at radius 3 is 2.42 bits per heavy atom. The van der Waals surface area contributed by atoms with E-state index in [9.17, 15) is 10.0 Å². The first-order chi connectivity index (χ1) is 5.61. The highest BCUT2D eigenvalue weighted by molar-refractivity contribution is 5.90. The summed E-state index contributed by atoms with van der Waals surface area (Å²) in [7, 11) is 1.66. The molecule has 64 valence electrons. The fraction of sp³-hybridized carbons (Fsp3) is 0.250. The van der Waals surface area contributed by atoms with Gasteiger partial charge in [-0.05, 0) is 0 Å². The molecule has 12 heavy (non-hydrogen) atoms. The Kier molecular flexibility index (Phi) is 2.28. The number of amides is 1. The fourth-order valence-electron chi connectivity index (χ4n) is 0.810. The molecule has 0 saturated heterocycles. The van der Waals surface area contributed by atoms with Gasteiger partial charge in [0.25, 0.3) is 0 Å². The second-order valence-electron chi connectivity index (χ2n) is 2.49. The van der Waals surface area contributed by atoms with Crippen LogP contribution in [0.5, 0.6) is 0 Å². The second kappa shape index (κ2) is 3.21. The monoisotopic (exact) mass is 166 g/mol. The van der Waals surface area contributed by atoms with E-state index in [2.05, 4.69) is 0 Å². The van der Waals surface area contributed by atoms with Crippen LogP contribution >= 0.6 is 0 Å². The first-order valence-corrected chi connectivity index (χ1v) is 3.54. The van der Waals surface area contributed by atoms with Crippen LogP contribution in [0.1, 0.15) is 6.92 Å². The van der Waals surface area contributed by atoms with E-state index in [0.717, 1.165) is 5.69 Å². The van der Waals surface area contributed by atoms with Gasteiger partial charge in [0.1, 0.15) is 0 Å². The molecule has 1 heterocycles. The first kappa shape index (κ1) is 8.52. The lowest BCUT2D eigenvalue weighted by Gasteiger charge is -2.13. The van der Waals surface area contributed by atoms with Gasteiger partial charge in [-0.1, -0.05) is 0 Å². The molecule has 4 nitrogen and oxygen atoms in total. The summed E-state index contributed by atoms with van der Waals surface area (Å²) in [5.74, 6) is -0.0568. The van der Waals surface area contributed by atoms with E-state index in [1.165, 1.54) is 24.2 Å². The van der Waals surface area contributed by atoms with Crippen molar-refractivity contribution in [3.05, 3.63) is 29.7 Å². The molecule has 0 N–H and O–H groups in total. The molecular formula is C8H10N2O2. The molecule has 0 aliphatic carbocycles. The van der Waals surface area contributed by atoms with Gasteiger partial charge in [-0.15, -0.1) is 0 Å². The highest BCUT2D eigenvalue weighted by Crippen LogP contribution is 2.08. The van der Waals surface area contributed by atoms with Crippen LogP contribution in [0.25, 0.3) is 0 Å². The summed E-state index contributed by atoms with van der Waals surface area (Å²) in [6.07, 6.45) is 2.71. The van der Waals surface area contributed by atoms with Crippen LogP contribution in [0.2, 0.25) is 0 Å². The van der Waals surface area contributed by atoms with E-state index < -0.39 is 0 Å². The van der Waals surface area contributed by atoms with E-state index in [1.807, 2.05) is 0 Å². The predicted molar refractivity (Wildman–Crippen MR) is 44.5 cm³/mol. The van der Waals surface area contributed by atoms with Crippen molar-refractivity contribution in [3.63, 3.8) is 0 Å². The summed E-state index contributed by atoms with van der Waals surface area (Å²) in [5, 5.41) is 10.6. The van der Waals surface area contributed by atoms with E-state index >= 15 is 0 Å². The summed E-state index contributed by atoms with van der Waals surface area (Å²) in [6, 6.07) is 3.18. The van der Waals surface area contributed by atoms with Gasteiger partial charge in [0.15, 0.2) is 12.4 Å². The van der Waals surface area contributed by atoms with Crippen molar-refractivity contribution in [3.8, 4) is 0 Å². The molecule has 0 saturated carbocycles. The molecule has 1 rings (SSSR count). The van der Waals surface area contributed by atoms with Crippen molar-refractivity contribution in [2.75, 3.05) is 11.9 Å². The van der Waals surface area contributed by atoms with Crippen molar-refractivity contribution in [2.45, 2.75) is 6.92 Å². The lowest BCUT2D eigenvalue weighted by atomic mass is 10.4. The van der Waals surface area contributed by atoms with Crippen molar-refractivity contribution in [1.29, 1.82) is 0 Å². The van der Waals surface area contributed by atoms with Crippen LogP contribution < -0.4 is 9.63 Å². The zero-order valence-electron chi connectivity index (χ0n) is 7.02. The van der Waals surface area contributed by atoms with Gasteiger partial charge in [0, 0.05) is 26.1 Å². The maximum atomic E-state index is 10.9. The topological polar surface area (TPSA) is 47.2 Å². The number of nitrogens with zero attached hydrogens (tertiary/aromatic N) is 2. The van der Waals surface area contributed by atoms with Crippen LogP contribution in [0.4, 0.5) is 5.69 Å². The molecule has 0 unspecified atom stereocenters. The van der Waals surface area contributed by atoms with Crippen LogP contribution in [-0.2, 0) is 4.79 Å². The Balaban J connectivity index is 2.89. The van der Waals surface area contributed by atoms with Gasteiger partial charge in [-0.25, -0.2) is 0 Å². The largest absolute Gasteiger partial charge is 0.619 e. The zero-order chi connectivity index (χ0) is 9.14. The summed E-state index contributed by atoms with van der Waals surface area (Å²) < 4.78 is 0.678. The molecule has 0 radical (unpaired) electrons. The van der Waals surface area contributed by atoms with Gasteiger partial charge in [0.05, 0.1) is 5.69 Å². The quantitative estimate of drug-likeness (QED) is 0.445. The summed E-state index contributed by atoms with van der Waals surface area (Å²) >= 11 is 0. The lowest BCUT2D eigenvalue weighted by molar-refractivity contribution is -0.605. The Morgan fingerprint density at radius 2 is 2.00 bits per heavy atom. The molecule has 0 aliphatic heterocycles. The number of rotatable bonds is 1. The summed E-state index contributed by atoms with van der Waals surface area (Å²) in [5.41, 5.74) is 0.717. The Morgan fingerprint density at radius 1 is 1.50 bits per heavy atom. The number of carbonyl (C=O) groups is 1. The second-order valence-corrected chi connectivity index (χ2v) is 2.49. The van der Waals surface area contributed by atoms with E-state index in [1.54, 1.807) is 19.2 Å². The van der Waals surface area contributed by atoms with Crippen molar-refractivity contribution in [1.82, 2.24) is 0 Å². The number of hydrogen-bond donors (Lipinski definition) is 0. The zero-order valence-corrected chi connectivity index (χ0v) is 7.02. The third-order valence-corrected chi connectivity index (χ3v) is 1.64. The Bertz CT molecular complexity index is 282. The maximum Gasteiger partial charge on any atom is 0.223 e.